The molecule has 0 aliphatic heterocycles. The van der Waals surface area contributed by atoms with E-state index in [0.717, 1.165) is 18.4 Å². The van der Waals surface area contributed by atoms with Crippen LogP contribution in [0.25, 0.3) is 0 Å². The van der Waals surface area contributed by atoms with Gasteiger partial charge in [-0.1, -0.05) is 18.6 Å². The van der Waals surface area contributed by atoms with Crippen LogP contribution in [0.3, 0.4) is 0 Å². The fraction of sp³-hybridized carbons (Fsp3) is 0.714. The average Bonchev–Trinajstić information content (AvgIpc) is 1.88. The molecule has 1 unspecified atom stereocenters. The predicted octanol–water partition coefficient (Wildman–Crippen LogP) is 3.09. The minimum atomic E-state index is 0.192. The van der Waals surface area contributed by atoms with Gasteiger partial charge in [-0.25, -0.2) is 0 Å². The Morgan fingerprint density at radius 3 is 2.50 bits per heavy atom. The second kappa shape index (κ2) is 3.61. The van der Waals surface area contributed by atoms with Crippen molar-refractivity contribution in [3.8, 4) is 0 Å². The second-order valence-corrected chi connectivity index (χ2v) is 3.58. The number of hydrogen-bond donors (Lipinski definition) is 0. The molecule has 1 rings (SSSR count). The van der Waals surface area contributed by atoms with Crippen LogP contribution in [0.1, 0.15) is 25.7 Å². The van der Waals surface area contributed by atoms with Crippen LogP contribution in [0.4, 0.5) is 0 Å². The highest BCUT2D eigenvalue weighted by molar-refractivity contribution is 6.34. The molecule has 1 aliphatic rings. The Kier molecular flexibility index (Phi) is 3.02. The summed E-state index contributed by atoms with van der Waals surface area (Å²) >= 11 is 11.2. The second-order valence-electron chi connectivity index (χ2n) is 2.68. The van der Waals surface area contributed by atoms with Crippen molar-refractivity contribution >= 4 is 23.6 Å². The van der Waals surface area contributed by atoms with Crippen LogP contribution in [-0.2, 0) is 0 Å². The third-order valence-corrected chi connectivity index (χ3v) is 2.40. The smallest absolute Gasteiger partial charge is 0.0622 e. The van der Waals surface area contributed by atoms with Gasteiger partial charge < -0.3 is 0 Å². The highest BCUT2D eigenvalue weighted by Crippen LogP contribution is 2.28. The van der Waals surface area contributed by atoms with Gasteiger partial charge in [0.15, 0.2) is 0 Å². The summed E-state index contributed by atoms with van der Waals surface area (Å²) in [5.74, 6) is 0. The standard InChI is InChI=1S/C7H11Cl2N/c1-6-4-2-3-5-7(6)10(8)9/h7H,1-5H2. The first-order valence-electron chi connectivity index (χ1n) is 3.50. The molecule has 1 aliphatic carbocycles. The zero-order chi connectivity index (χ0) is 7.56. The van der Waals surface area contributed by atoms with Gasteiger partial charge in [0.1, 0.15) is 0 Å². The van der Waals surface area contributed by atoms with E-state index < -0.39 is 0 Å². The van der Waals surface area contributed by atoms with Crippen molar-refractivity contribution in [1.82, 2.24) is 3.94 Å². The van der Waals surface area contributed by atoms with Crippen molar-refractivity contribution in [3.63, 3.8) is 0 Å². The van der Waals surface area contributed by atoms with Crippen LogP contribution in [0, 0.1) is 0 Å². The Labute approximate surface area is 71.8 Å². The largest absolute Gasteiger partial charge is 0.125 e. The maximum Gasteiger partial charge on any atom is 0.0622 e. The molecule has 0 aromatic rings. The van der Waals surface area contributed by atoms with Crippen molar-refractivity contribution in [2.45, 2.75) is 31.7 Å². The van der Waals surface area contributed by atoms with Crippen molar-refractivity contribution in [1.29, 1.82) is 0 Å². The minimum Gasteiger partial charge on any atom is -0.125 e. The molecule has 0 aromatic carbocycles. The molecule has 10 heavy (non-hydrogen) atoms. The Bertz CT molecular complexity index is 134. The first-order valence-corrected chi connectivity index (χ1v) is 4.18. The fourth-order valence-corrected chi connectivity index (χ4v) is 1.77. The first kappa shape index (κ1) is 8.38. The van der Waals surface area contributed by atoms with Crippen LogP contribution in [-0.4, -0.2) is 9.98 Å². The van der Waals surface area contributed by atoms with E-state index in [1.54, 1.807) is 0 Å². The van der Waals surface area contributed by atoms with E-state index in [2.05, 4.69) is 6.58 Å². The van der Waals surface area contributed by atoms with Gasteiger partial charge in [0, 0.05) is 0 Å². The molecule has 58 valence electrons. The van der Waals surface area contributed by atoms with Crippen LogP contribution in [0.15, 0.2) is 12.2 Å². The average molecular weight is 180 g/mol. The highest BCUT2D eigenvalue weighted by atomic mass is 35.5. The van der Waals surface area contributed by atoms with Crippen LogP contribution >= 0.6 is 23.6 Å². The van der Waals surface area contributed by atoms with Crippen molar-refractivity contribution in [2.24, 2.45) is 0 Å². The van der Waals surface area contributed by atoms with Crippen LogP contribution in [0.2, 0.25) is 0 Å². The quantitative estimate of drug-likeness (QED) is 0.442. The van der Waals surface area contributed by atoms with Crippen LogP contribution < -0.4 is 0 Å². The van der Waals surface area contributed by atoms with Gasteiger partial charge in [-0.05, 0) is 42.8 Å². The summed E-state index contributed by atoms with van der Waals surface area (Å²) < 4.78 is 1.22. The van der Waals surface area contributed by atoms with Gasteiger partial charge in [0.2, 0.25) is 0 Å². The molecular formula is C7H11Cl2N. The van der Waals surface area contributed by atoms with Gasteiger partial charge in [0.05, 0.1) is 6.04 Å². The Morgan fingerprint density at radius 2 is 2.10 bits per heavy atom. The topological polar surface area (TPSA) is 3.24 Å². The Morgan fingerprint density at radius 1 is 1.40 bits per heavy atom. The summed E-state index contributed by atoms with van der Waals surface area (Å²) in [6, 6.07) is 0.192. The molecule has 0 saturated heterocycles. The predicted molar refractivity (Wildman–Crippen MR) is 44.9 cm³/mol. The maximum absolute atomic E-state index is 5.59. The van der Waals surface area contributed by atoms with Crippen molar-refractivity contribution < 1.29 is 0 Å². The molecule has 1 saturated carbocycles. The lowest BCUT2D eigenvalue weighted by molar-refractivity contribution is 0.434. The number of nitrogens with zero attached hydrogens (tertiary/aromatic N) is 1. The SMILES string of the molecule is C=C1CCCCC1N(Cl)Cl. The molecule has 1 fully saturated rings. The molecule has 0 bridgehead atoms. The van der Waals surface area contributed by atoms with E-state index >= 15 is 0 Å². The van der Waals surface area contributed by atoms with Crippen molar-refractivity contribution in [3.05, 3.63) is 12.2 Å². The molecule has 1 atom stereocenters. The third-order valence-electron chi connectivity index (χ3n) is 1.93. The van der Waals surface area contributed by atoms with Crippen LogP contribution in [0.5, 0.6) is 0 Å². The molecule has 0 amide bonds. The number of halogens is 2. The summed E-state index contributed by atoms with van der Waals surface area (Å²) in [6.45, 7) is 3.91. The third kappa shape index (κ3) is 1.88. The Hall–Kier alpha value is 0.280. The van der Waals surface area contributed by atoms with E-state index in [1.807, 2.05) is 0 Å². The van der Waals surface area contributed by atoms with E-state index in [0.29, 0.717) is 0 Å². The molecule has 0 radical (unpaired) electrons. The number of hydrogen-bond acceptors (Lipinski definition) is 1. The van der Waals surface area contributed by atoms with Gasteiger partial charge in [-0.2, -0.15) is 0 Å². The summed E-state index contributed by atoms with van der Waals surface area (Å²) in [5, 5.41) is 0. The van der Waals surface area contributed by atoms with Gasteiger partial charge >= 0.3 is 0 Å². The monoisotopic (exact) mass is 179 g/mol. The molecule has 0 N–H and O–H groups in total. The van der Waals surface area contributed by atoms with E-state index in [1.165, 1.54) is 16.8 Å². The molecule has 0 aromatic heterocycles. The maximum atomic E-state index is 5.59. The molecule has 0 spiro atoms. The zero-order valence-corrected chi connectivity index (χ0v) is 7.33. The first-order chi connectivity index (χ1) is 4.72. The number of rotatable bonds is 1. The molecule has 1 nitrogen and oxygen atoms in total. The summed E-state index contributed by atoms with van der Waals surface area (Å²) in [5.41, 5.74) is 1.16. The lowest BCUT2D eigenvalue weighted by Crippen LogP contribution is -2.24. The molecular weight excluding hydrogens is 169 g/mol. The Balaban J connectivity index is 2.48. The summed E-state index contributed by atoms with van der Waals surface area (Å²) in [4.78, 5) is 0. The normalized spacial score (nSPS) is 27.5. The minimum absolute atomic E-state index is 0.192. The van der Waals surface area contributed by atoms with E-state index in [9.17, 15) is 0 Å². The van der Waals surface area contributed by atoms with Gasteiger partial charge in [-0.3, -0.25) is 0 Å². The molecule has 0 heterocycles. The fourth-order valence-electron chi connectivity index (χ4n) is 1.30. The lowest BCUT2D eigenvalue weighted by Gasteiger charge is -2.25. The van der Waals surface area contributed by atoms with Gasteiger partial charge in [0.25, 0.3) is 0 Å². The van der Waals surface area contributed by atoms with E-state index in [4.69, 9.17) is 23.6 Å². The van der Waals surface area contributed by atoms with E-state index in [-0.39, 0.29) is 6.04 Å². The van der Waals surface area contributed by atoms with Crippen molar-refractivity contribution in [2.75, 3.05) is 0 Å². The highest BCUT2D eigenvalue weighted by Gasteiger charge is 2.21. The summed E-state index contributed by atoms with van der Waals surface area (Å²) in [7, 11) is 0. The van der Waals surface area contributed by atoms with Gasteiger partial charge in [-0.15, -0.1) is 3.94 Å². The lowest BCUT2D eigenvalue weighted by atomic mass is 9.92. The zero-order valence-electron chi connectivity index (χ0n) is 5.82. The molecule has 3 heteroatoms. The summed E-state index contributed by atoms with van der Waals surface area (Å²) in [6.07, 6.45) is 4.56.